The van der Waals surface area contributed by atoms with E-state index in [1.165, 1.54) is 0 Å². The minimum atomic E-state index is 0. The van der Waals surface area contributed by atoms with Crippen molar-refractivity contribution >= 4 is 22.7 Å². The van der Waals surface area contributed by atoms with Gasteiger partial charge >= 0.3 is 0 Å². The number of nitrogens with zero attached hydrogens (tertiary/aromatic N) is 4. The second kappa shape index (κ2) is 25.0. The predicted octanol–water partition coefficient (Wildman–Crippen LogP) is 9.65. The summed E-state index contributed by atoms with van der Waals surface area (Å²) in [4.78, 5) is 13.7. The summed E-state index contributed by atoms with van der Waals surface area (Å²) >= 11 is 0. The zero-order chi connectivity index (χ0) is 32.9. The maximum absolute atomic E-state index is 6.85. The van der Waals surface area contributed by atoms with Gasteiger partial charge in [-0.25, -0.2) is 19.4 Å². The fraction of sp³-hybridized carbons (Fsp3) is 0.256. The van der Waals surface area contributed by atoms with Gasteiger partial charge in [0, 0.05) is 19.5 Å². The summed E-state index contributed by atoms with van der Waals surface area (Å²) in [5.74, 6) is 0. The second-order valence-corrected chi connectivity index (χ2v) is 9.99. The number of hydrogen-bond donors (Lipinski definition) is 0. The molecule has 0 fully saturated rings. The first-order valence-electron chi connectivity index (χ1n) is 13.9. The number of benzene rings is 4. The van der Waals surface area contributed by atoms with Crippen LogP contribution in [-0.2, 0) is 19.5 Å². The normalized spacial score (nSPS) is 8.22. The van der Waals surface area contributed by atoms with E-state index < -0.39 is 0 Å². The van der Waals surface area contributed by atoms with Crippen LogP contribution in [0.4, 0.5) is 22.7 Å². The maximum atomic E-state index is 6.85. The molecule has 0 unspecified atom stereocenters. The van der Waals surface area contributed by atoms with E-state index in [0.717, 1.165) is 67.3 Å². The van der Waals surface area contributed by atoms with E-state index in [4.69, 9.17) is 26.3 Å². The first-order chi connectivity index (χ1) is 20.4. The van der Waals surface area contributed by atoms with Crippen LogP contribution in [0.15, 0.2) is 72.8 Å². The van der Waals surface area contributed by atoms with Gasteiger partial charge in [0.05, 0.1) is 46.6 Å². The first-order valence-corrected chi connectivity index (χ1v) is 13.9. The summed E-state index contributed by atoms with van der Waals surface area (Å²) in [6.45, 7) is 47.1. The SMILES string of the molecule is C[CH+]C.[C-]#[N+]c1c(C)cccc1C.[C-]#[N+]c1c(C)cccc1C.[C-]#[N+]c1c(C)cccc1C.[C-]#[N+]c1c(C)cccc1C.[Cl-].[Rh]. The Morgan fingerprint density at radius 1 is 0.378 bits per heavy atom. The van der Waals surface area contributed by atoms with Gasteiger partial charge in [0.25, 0.3) is 0 Å². The van der Waals surface area contributed by atoms with Gasteiger partial charge in [0.15, 0.2) is 22.7 Å². The molecule has 4 aromatic carbocycles. The largest absolute Gasteiger partial charge is 1.00 e. The van der Waals surface area contributed by atoms with Crippen LogP contribution < -0.4 is 12.4 Å². The molecule has 0 aromatic heterocycles. The van der Waals surface area contributed by atoms with Gasteiger partial charge in [0.2, 0.25) is 0 Å². The fourth-order valence-electron chi connectivity index (χ4n) is 3.93. The molecule has 0 saturated carbocycles. The zero-order valence-electron chi connectivity index (χ0n) is 28.0. The predicted molar refractivity (Wildman–Crippen MR) is 184 cm³/mol. The van der Waals surface area contributed by atoms with Crippen LogP contribution in [0.3, 0.4) is 0 Å². The molecule has 235 valence electrons. The Labute approximate surface area is 292 Å². The molecule has 0 heterocycles. The minimum Gasteiger partial charge on any atom is -1.00 e. The molecule has 1 radical (unpaired) electrons. The number of rotatable bonds is 0. The zero-order valence-corrected chi connectivity index (χ0v) is 30.4. The first kappa shape index (κ1) is 45.1. The van der Waals surface area contributed by atoms with E-state index in [1.807, 2.05) is 148 Å². The van der Waals surface area contributed by atoms with Crippen molar-refractivity contribution in [2.75, 3.05) is 0 Å². The third-order valence-corrected chi connectivity index (χ3v) is 6.21. The molecule has 0 spiro atoms. The van der Waals surface area contributed by atoms with Crippen molar-refractivity contribution in [1.82, 2.24) is 0 Å². The van der Waals surface area contributed by atoms with Crippen molar-refractivity contribution in [3.63, 3.8) is 0 Å². The Bertz CT molecular complexity index is 1320. The summed E-state index contributed by atoms with van der Waals surface area (Å²) in [6.07, 6.45) is 2.00. The van der Waals surface area contributed by atoms with Gasteiger partial charge < -0.3 is 12.4 Å². The molecule has 4 nitrogen and oxygen atoms in total. The Balaban J connectivity index is -0.000000500. The van der Waals surface area contributed by atoms with E-state index in [2.05, 4.69) is 19.4 Å². The van der Waals surface area contributed by atoms with Gasteiger partial charge in [-0.3, -0.25) is 0 Å². The van der Waals surface area contributed by atoms with Crippen LogP contribution >= 0.6 is 0 Å². The molecule has 4 rings (SSSR count). The fourth-order valence-corrected chi connectivity index (χ4v) is 3.93. The number of halogens is 1. The van der Waals surface area contributed by atoms with Gasteiger partial charge in [-0.15, -0.1) is 0 Å². The van der Waals surface area contributed by atoms with Gasteiger partial charge in [-0.1, -0.05) is 72.8 Å². The Morgan fingerprint density at radius 2 is 0.489 bits per heavy atom. The summed E-state index contributed by atoms with van der Waals surface area (Å²) in [5, 5.41) is 0. The van der Waals surface area contributed by atoms with E-state index in [1.54, 1.807) is 0 Å². The summed E-state index contributed by atoms with van der Waals surface area (Å²) < 4.78 is 0. The summed E-state index contributed by atoms with van der Waals surface area (Å²) in [5.41, 5.74) is 11.7. The third kappa shape index (κ3) is 15.8. The molecule has 6 heteroatoms. The van der Waals surface area contributed by atoms with Crippen molar-refractivity contribution in [1.29, 1.82) is 0 Å². The van der Waals surface area contributed by atoms with Crippen molar-refractivity contribution in [2.24, 2.45) is 0 Å². The van der Waals surface area contributed by atoms with E-state index in [9.17, 15) is 0 Å². The van der Waals surface area contributed by atoms with Crippen molar-refractivity contribution in [3.05, 3.63) is 169 Å². The third-order valence-electron chi connectivity index (χ3n) is 6.21. The monoisotopic (exact) mass is 705 g/mol. The molecule has 0 aliphatic rings. The van der Waals surface area contributed by atoms with E-state index in [-0.39, 0.29) is 31.9 Å². The average molecular weight is 706 g/mol. The van der Waals surface area contributed by atoms with Crippen molar-refractivity contribution in [2.45, 2.75) is 69.2 Å². The van der Waals surface area contributed by atoms with Gasteiger partial charge in [-0.2, -0.15) is 0 Å². The molecule has 0 aliphatic heterocycles. The van der Waals surface area contributed by atoms with Crippen LogP contribution in [0.5, 0.6) is 0 Å². The molecule has 0 amide bonds. The Morgan fingerprint density at radius 3 is 0.556 bits per heavy atom. The Hall–Kier alpha value is -4.38. The molecule has 0 aliphatic carbocycles. The molecule has 0 atom stereocenters. The molecular formula is C39H43ClN4Rh. The molecule has 45 heavy (non-hydrogen) atoms. The van der Waals surface area contributed by atoms with Gasteiger partial charge in [0.1, 0.15) is 0 Å². The Kier molecular flexibility index (Phi) is 25.0. The van der Waals surface area contributed by atoms with Crippen molar-refractivity contribution < 1.29 is 31.9 Å². The van der Waals surface area contributed by atoms with Crippen LogP contribution in [0.1, 0.15) is 58.4 Å². The van der Waals surface area contributed by atoms with Gasteiger partial charge in [-0.05, 0) is 99.9 Å². The number of para-hydroxylation sites is 4. The molecule has 0 bridgehead atoms. The van der Waals surface area contributed by atoms with E-state index >= 15 is 0 Å². The smallest absolute Gasteiger partial charge is 0.193 e. The number of hydrogen-bond acceptors (Lipinski definition) is 0. The number of aryl methyl sites for hydroxylation is 8. The molecular weight excluding hydrogens is 663 g/mol. The van der Waals surface area contributed by atoms with Crippen molar-refractivity contribution in [3.8, 4) is 0 Å². The summed E-state index contributed by atoms with van der Waals surface area (Å²) in [7, 11) is 0. The maximum Gasteiger partial charge on any atom is 0.193 e. The standard InChI is InChI=1S/4C9H9N.C3H7.ClH.Rh/c4*1-7-5-4-6-8(2)9(7)10-3;1-3-2;;/h4*4-6H,1-2H3;3H,1-2H3;1H;/q;;;;+1;;/p-1. The summed E-state index contributed by atoms with van der Waals surface area (Å²) in [6, 6.07) is 23.6. The molecule has 0 saturated heterocycles. The van der Waals surface area contributed by atoms with Crippen LogP contribution in [0.25, 0.3) is 19.4 Å². The molecule has 4 aromatic rings. The minimum absolute atomic E-state index is 0. The van der Waals surface area contributed by atoms with E-state index in [0.29, 0.717) is 0 Å². The second-order valence-electron chi connectivity index (χ2n) is 9.99. The molecule has 0 N–H and O–H groups in total. The van der Waals surface area contributed by atoms with Crippen LogP contribution in [0.2, 0.25) is 0 Å². The quantitative estimate of drug-likeness (QED) is 0.128. The van der Waals surface area contributed by atoms with Crippen LogP contribution in [-0.4, -0.2) is 0 Å². The topological polar surface area (TPSA) is 17.4 Å². The van der Waals surface area contributed by atoms with Crippen LogP contribution in [0, 0.1) is 88.1 Å². The average Bonchev–Trinajstić information content (AvgIpc) is 2.95.